The van der Waals surface area contributed by atoms with Crippen molar-refractivity contribution >= 4 is 50.9 Å². The van der Waals surface area contributed by atoms with Crippen LogP contribution in [0.4, 0.5) is 17.3 Å². The second kappa shape index (κ2) is 7.45. The molecule has 0 bridgehead atoms. The van der Waals surface area contributed by atoms with Crippen molar-refractivity contribution in [2.45, 2.75) is 6.54 Å². The predicted octanol–water partition coefficient (Wildman–Crippen LogP) is 6.12. The Kier molecular flexibility index (Phi) is 4.50. The summed E-state index contributed by atoms with van der Waals surface area (Å²) in [5, 5.41) is 8.70. The van der Waals surface area contributed by atoms with Gasteiger partial charge in [0.15, 0.2) is 11.6 Å². The minimum Gasteiger partial charge on any atom is -0.363 e. The summed E-state index contributed by atoms with van der Waals surface area (Å²) in [5.74, 6) is 1.39. The molecule has 3 aromatic carbocycles. The highest BCUT2D eigenvalue weighted by Gasteiger charge is 2.11. The molecule has 5 nitrogen and oxygen atoms in total. The number of hydrogen-bond acceptors (Lipinski definition) is 4. The third-order valence-electron chi connectivity index (χ3n) is 4.79. The molecule has 0 unspecified atom stereocenters. The van der Waals surface area contributed by atoms with Gasteiger partial charge in [0, 0.05) is 34.4 Å². The number of rotatable bonds is 5. The van der Waals surface area contributed by atoms with Gasteiger partial charge in [0.25, 0.3) is 0 Å². The molecule has 29 heavy (non-hydrogen) atoms. The smallest absolute Gasteiger partial charge is 0.174 e. The maximum Gasteiger partial charge on any atom is 0.174 e. The summed E-state index contributed by atoms with van der Waals surface area (Å²) in [6.07, 6.45) is 1.93. The van der Waals surface area contributed by atoms with Crippen molar-refractivity contribution in [3.63, 3.8) is 0 Å². The van der Waals surface area contributed by atoms with Crippen molar-refractivity contribution in [1.82, 2.24) is 15.0 Å². The minimum absolute atomic E-state index is 0.618. The Hall–Kier alpha value is -3.57. The second-order valence-electron chi connectivity index (χ2n) is 6.76. The third-order valence-corrected chi connectivity index (χ3v) is 5.04. The quantitative estimate of drug-likeness (QED) is 0.333. The van der Waals surface area contributed by atoms with Gasteiger partial charge in [0.2, 0.25) is 0 Å². The molecule has 5 rings (SSSR count). The lowest BCUT2D eigenvalue weighted by molar-refractivity contribution is 1.11. The molecule has 0 spiro atoms. The van der Waals surface area contributed by atoms with Crippen molar-refractivity contribution in [2.24, 2.45) is 0 Å². The Labute approximate surface area is 172 Å². The van der Waals surface area contributed by atoms with Crippen LogP contribution < -0.4 is 10.6 Å². The Morgan fingerprint density at radius 2 is 1.55 bits per heavy atom. The number of nitrogens with one attached hydrogen (secondary N) is 3. The van der Waals surface area contributed by atoms with Crippen molar-refractivity contribution < 1.29 is 0 Å². The fourth-order valence-corrected chi connectivity index (χ4v) is 3.45. The van der Waals surface area contributed by atoms with Crippen LogP contribution in [-0.2, 0) is 6.54 Å². The van der Waals surface area contributed by atoms with E-state index < -0.39 is 0 Å². The standard InChI is InChI=1S/C23H18ClN5/c24-16-10-8-15(9-11-16)14-26-22-23(29-21-5-2-1-4-20(21)28-22)27-19-7-3-6-18-17(19)12-13-25-18/h1-13,25H,14H2,(H,26,28)(H,27,29). The average Bonchev–Trinajstić information content (AvgIpc) is 3.23. The van der Waals surface area contributed by atoms with Gasteiger partial charge in [-0.1, -0.05) is 41.9 Å². The van der Waals surface area contributed by atoms with Crippen molar-refractivity contribution in [1.29, 1.82) is 0 Å². The third kappa shape index (κ3) is 3.60. The molecule has 0 amide bonds. The first kappa shape index (κ1) is 17.5. The van der Waals surface area contributed by atoms with E-state index in [1.165, 1.54) is 0 Å². The number of benzene rings is 3. The molecule has 142 valence electrons. The average molecular weight is 400 g/mol. The topological polar surface area (TPSA) is 65.6 Å². The van der Waals surface area contributed by atoms with Gasteiger partial charge >= 0.3 is 0 Å². The number of halogens is 1. The molecule has 3 N–H and O–H groups in total. The van der Waals surface area contributed by atoms with Crippen LogP contribution in [0.3, 0.4) is 0 Å². The summed E-state index contributed by atoms with van der Waals surface area (Å²) in [4.78, 5) is 12.9. The van der Waals surface area contributed by atoms with Gasteiger partial charge < -0.3 is 15.6 Å². The second-order valence-corrected chi connectivity index (χ2v) is 7.20. The molecule has 0 saturated heterocycles. The molecule has 0 fully saturated rings. The maximum absolute atomic E-state index is 5.99. The first-order chi connectivity index (χ1) is 14.3. The Balaban J connectivity index is 1.52. The fraction of sp³-hybridized carbons (Fsp3) is 0.0435. The van der Waals surface area contributed by atoms with E-state index in [0.29, 0.717) is 18.2 Å². The van der Waals surface area contributed by atoms with Crippen LogP contribution in [0.1, 0.15) is 5.56 Å². The number of para-hydroxylation sites is 2. The Morgan fingerprint density at radius 3 is 2.34 bits per heavy atom. The van der Waals surface area contributed by atoms with E-state index >= 15 is 0 Å². The normalized spacial score (nSPS) is 11.1. The first-order valence-electron chi connectivity index (χ1n) is 9.34. The molecule has 0 aliphatic carbocycles. The molecule has 0 radical (unpaired) electrons. The van der Waals surface area contributed by atoms with E-state index in [1.807, 2.05) is 79.0 Å². The van der Waals surface area contributed by atoms with Crippen LogP contribution in [-0.4, -0.2) is 15.0 Å². The maximum atomic E-state index is 5.99. The van der Waals surface area contributed by atoms with Crippen LogP contribution in [0.5, 0.6) is 0 Å². The zero-order valence-electron chi connectivity index (χ0n) is 15.5. The SMILES string of the molecule is Clc1ccc(CNc2nc3ccccc3nc2Nc2cccc3[nH]ccc23)cc1. The van der Waals surface area contributed by atoms with E-state index in [-0.39, 0.29) is 0 Å². The van der Waals surface area contributed by atoms with Crippen LogP contribution in [0.25, 0.3) is 21.9 Å². The number of nitrogens with zero attached hydrogens (tertiary/aromatic N) is 2. The number of hydrogen-bond donors (Lipinski definition) is 3. The number of aromatic nitrogens is 3. The molecule has 0 aliphatic heterocycles. The van der Waals surface area contributed by atoms with Gasteiger partial charge in [0.05, 0.1) is 11.0 Å². The number of fused-ring (bicyclic) bond motifs is 2. The molecule has 0 saturated carbocycles. The highest BCUT2D eigenvalue weighted by molar-refractivity contribution is 6.30. The lowest BCUT2D eigenvalue weighted by Gasteiger charge is -2.14. The highest BCUT2D eigenvalue weighted by atomic mass is 35.5. The molecule has 2 heterocycles. The molecule has 6 heteroatoms. The highest BCUT2D eigenvalue weighted by Crippen LogP contribution is 2.29. The monoisotopic (exact) mass is 399 g/mol. The van der Waals surface area contributed by atoms with Gasteiger partial charge in [-0.2, -0.15) is 0 Å². The summed E-state index contributed by atoms with van der Waals surface area (Å²) >= 11 is 5.99. The van der Waals surface area contributed by atoms with Gasteiger partial charge in [-0.05, 0) is 48.0 Å². The van der Waals surface area contributed by atoms with E-state index in [1.54, 1.807) is 0 Å². The van der Waals surface area contributed by atoms with E-state index in [9.17, 15) is 0 Å². The number of H-pyrrole nitrogens is 1. The van der Waals surface area contributed by atoms with Crippen molar-refractivity contribution in [2.75, 3.05) is 10.6 Å². The van der Waals surface area contributed by atoms with Crippen molar-refractivity contribution in [3.8, 4) is 0 Å². The van der Waals surface area contributed by atoms with Gasteiger partial charge in [0.1, 0.15) is 0 Å². The van der Waals surface area contributed by atoms with Crippen LogP contribution >= 0.6 is 11.6 Å². The molecule has 2 aromatic heterocycles. The molecular formula is C23H18ClN5. The minimum atomic E-state index is 0.618. The molecule has 0 aliphatic rings. The van der Waals surface area contributed by atoms with Crippen LogP contribution in [0.15, 0.2) is 79.0 Å². The van der Waals surface area contributed by atoms with Crippen LogP contribution in [0, 0.1) is 0 Å². The Bertz CT molecular complexity index is 1290. The largest absolute Gasteiger partial charge is 0.363 e. The number of aromatic amines is 1. The van der Waals surface area contributed by atoms with Gasteiger partial charge in [-0.25, -0.2) is 9.97 Å². The summed E-state index contributed by atoms with van der Waals surface area (Å²) < 4.78 is 0. The zero-order valence-corrected chi connectivity index (χ0v) is 16.2. The molecule has 5 aromatic rings. The van der Waals surface area contributed by atoms with Gasteiger partial charge in [-0.3, -0.25) is 0 Å². The predicted molar refractivity (Wildman–Crippen MR) is 120 cm³/mol. The first-order valence-corrected chi connectivity index (χ1v) is 9.72. The fourth-order valence-electron chi connectivity index (χ4n) is 3.32. The molecular weight excluding hydrogens is 382 g/mol. The summed E-state index contributed by atoms with van der Waals surface area (Å²) in [6, 6.07) is 23.8. The van der Waals surface area contributed by atoms with E-state index in [2.05, 4.69) is 15.6 Å². The van der Waals surface area contributed by atoms with Gasteiger partial charge in [-0.15, -0.1) is 0 Å². The zero-order chi connectivity index (χ0) is 19.6. The molecule has 0 atom stereocenters. The Morgan fingerprint density at radius 1 is 0.793 bits per heavy atom. The van der Waals surface area contributed by atoms with E-state index in [4.69, 9.17) is 21.6 Å². The number of anilines is 3. The van der Waals surface area contributed by atoms with Crippen LogP contribution in [0.2, 0.25) is 5.02 Å². The van der Waals surface area contributed by atoms with E-state index in [0.717, 1.165) is 38.2 Å². The lowest BCUT2D eigenvalue weighted by Crippen LogP contribution is -2.07. The summed E-state index contributed by atoms with van der Waals surface area (Å²) in [6.45, 7) is 0.618. The summed E-state index contributed by atoms with van der Waals surface area (Å²) in [5.41, 5.74) is 4.84. The lowest BCUT2D eigenvalue weighted by atomic mass is 10.2. The summed E-state index contributed by atoms with van der Waals surface area (Å²) in [7, 11) is 0. The van der Waals surface area contributed by atoms with Crippen molar-refractivity contribution in [3.05, 3.63) is 89.6 Å².